The minimum Gasteiger partial charge on any atom is -0.495 e. The van der Waals surface area contributed by atoms with Crippen LogP contribution in [0, 0.1) is 5.41 Å². The van der Waals surface area contributed by atoms with Crippen LogP contribution in [0.5, 0.6) is 5.75 Å². The van der Waals surface area contributed by atoms with Gasteiger partial charge in [-0.2, -0.15) is 0 Å². The molecule has 3 heterocycles. The number of benzene rings is 3. The van der Waals surface area contributed by atoms with E-state index in [1.165, 1.54) is 7.11 Å². The summed E-state index contributed by atoms with van der Waals surface area (Å²) in [4.78, 5) is 37.3. The Labute approximate surface area is 264 Å². The van der Waals surface area contributed by atoms with Crippen molar-refractivity contribution in [1.29, 1.82) is 0 Å². The van der Waals surface area contributed by atoms with Crippen LogP contribution in [0.15, 0.2) is 66.7 Å². The molecule has 43 heavy (non-hydrogen) atoms. The molecule has 10 heteroatoms. The first-order valence-corrected chi connectivity index (χ1v) is 15.3. The molecule has 0 aliphatic carbocycles. The van der Waals surface area contributed by atoms with Gasteiger partial charge in [-0.3, -0.25) is 14.9 Å². The summed E-state index contributed by atoms with van der Waals surface area (Å²) in [5, 5.41) is 5.87. The summed E-state index contributed by atoms with van der Waals surface area (Å²) in [5.41, 5.74) is 4.23. The fourth-order valence-electron chi connectivity index (χ4n) is 6.50. The third-order valence-electron chi connectivity index (χ3n) is 8.61. The number of hydrogen-bond donors (Lipinski definition) is 2. The van der Waals surface area contributed by atoms with Gasteiger partial charge in [-0.1, -0.05) is 56.3 Å². The molecule has 0 spiro atoms. The van der Waals surface area contributed by atoms with Gasteiger partial charge in [0.25, 0.3) is 0 Å². The molecule has 2 amide bonds. The van der Waals surface area contributed by atoms with E-state index in [1.807, 2.05) is 48.5 Å². The normalized spacial score (nSPS) is 24.9. The lowest BCUT2D eigenvalue weighted by Crippen LogP contribution is -2.56. The molecule has 2 N–H and O–H groups in total. The summed E-state index contributed by atoms with van der Waals surface area (Å²) in [6.07, 6.45) is 1.68. The van der Waals surface area contributed by atoms with Crippen LogP contribution in [0.2, 0.25) is 0 Å². The van der Waals surface area contributed by atoms with Crippen molar-refractivity contribution in [2.75, 3.05) is 17.7 Å². The van der Waals surface area contributed by atoms with Gasteiger partial charge >= 0.3 is 6.09 Å². The van der Waals surface area contributed by atoms with Crippen LogP contribution in [-0.4, -0.2) is 58.9 Å². The minimum atomic E-state index is -0.508. The molecule has 5 atom stereocenters. The zero-order valence-electron chi connectivity index (χ0n) is 24.2. The topological polar surface area (TPSA) is 110 Å². The van der Waals surface area contributed by atoms with E-state index in [2.05, 4.69) is 50.5 Å². The second kappa shape index (κ2) is 11.9. The fraction of sp³-hybridized carbons (Fsp3) is 0.364. The zero-order chi connectivity index (χ0) is 30.3. The van der Waals surface area contributed by atoms with Crippen molar-refractivity contribution in [3.8, 4) is 16.9 Å². The lowest BCUT2D eigenvalue weighted by Gasteiger charge is -2.46. The van der Waals surface area contributed by atoms with Crippen molar-refractivity contribution in [3.63, 3.8) is 0 Å². The zero-order valence-corrected chi connectivity index (χ0v) is 26.4. The van der Waals surface area contributed by atoms with Crippen LogP contribution in [0.4, 0.5) is 16.2 Å². The lowest BCUT2D eigenvalue weighted by atomic mass is 9.77. The number of halogens is 1. The Morgan fingerprint density at radius 3 is 2.58 bits per heavy atom. The highest BCUT2D eigenvalue weighted by Crippen LogP contribution is 2.57. The number of nitrogens with one attached hydrogen (secondary N) is 2. The van der Waals surface area contributed by atoms with Gasteiger partial charge in [-0.25, -0.2) is 7.91 Å². The average Bonchev–Trinajstić information content (AvgIpc) is 3.70. The molecule has 3 fully saturated rings. The SMILES string of the molecule is COc1cc(C=O)ccc1NC(=O)CCc1ccc(-c2ccccc2)c(NC(=O)OC2CC(C)(C)C3C4OC4C2N3I)c1. The van der Waals surface area contributed by atoms with Gasteiger partial charge in [-0.05, 0) is 53.6 Å². The molecule has 3 aliphatic rings. The molecule has 3 aromatic carbocycles. The van der Waals surface area contributed by atoms with Gasteiger partial charge in [-0.15, -0.1) is 0 Å². The number of aldehydes is 1. The minimum absolute atomic E-state index is 0.0427. The third kappa shape index (κ3) is 6.00. The standard InChI is InChI=1S/C33H34IN3O6/c1-33(2)17-26(28-29-30(43-29)31(33)37(28)34)42-32(40)36-24-15-19(9-12-22(24)21-7-5-4-6-8-21)11-14-27(39)35-23-13-10-20(18-38)16-25(23)41-3/h4-10,12-13,15-16,18,26,28-31H,11,14,17H2,1-3H3,(H,35,39)(H,36,40). The number of aryl methyl sites for hydroxylation is 1. The highest BCUT2D eigenvalue weighted by molar-refractivity contribution is 14.1. The summed E-state index contributed by atoms with van der Waals surface area (Å²) in [6.45, 7) is 4.42. The van der Waals surface area contributed by atoms with Crippen LogP contribution in [0.3, 0.4) is 0 Å². The van der Waals surface area contributed by atoms with Crippen molar-refractivity contribution >= 4 is 52.5 Å². The Kier molecular flexibility index (Phi) is 8.18. The van der Waals surface area contributed by atoms with Gasteiger partial charge < -0.3 is 19.5 Å². The number of carbonyl (C=O) groups excluding carboxylic acids is 3. The molecular weight excluding hydrogens is 661 g/mol. The maximum Gasteiger partial charge on any atom is 0.411 e. The molecule has 2 bridgehead atoms. The van der Waals surface area contributed by atoms with E-state index in [4.69, 9.17) is 14.2 Å². The molecule has 6 rings (SSSR count). The number of hydrogen-bond acceptors (Lipinski definition) is 7. The molecule has 3 saturated heterocycles. The number of amides is 2. The van der Waals surface area contributed by atoms with E-state index in [0.717, 1.165) is 29.4 Å². The number of fused-ring (bicyclic) bond motifs is 5. The smallest absolute Gasteiger partial charge is 0.411 e. The molecule has 3 aromatic rings. The first kappa shape index (κ1) is 29.6. The van der Waals surface area contributed by atoms with Crippen LogP contribution in [0.1, 0.15) is 42.6 Å². The lowest BCUT2D eigenvalue weighted by molar-refractivity contribution is -0.116. The molecule has 224 valence electrons. The molecule has 3 aliphatic heterocycles. The number of epoxide rings is 1. The van der Waals surface area contributed by atoms with Crippen molar-refractivity contribution in [3.05, 3.63) is 77.9 Å². The van der Waals surface area contributed by atoms with Crippen LogP contribution >= 0.6 is 22.9 Å². The fourth-order valence-corrected chi connectivity index (χ4v) is 8.25. The average molecular weight is 696 g/mol. The van der Waals surface area contributed by atoms with Crippen molar-refractivity contribution in [1.82, 2.24) is 3.11 Å². The highest BCUT2D eigenvalue weighted by Gasteiger charge is 2.70. The number of piperidine rings is 1. The first-order chi connectivity index (χ1) is 20.7. The number of nitrogens with zero attached hydrogens (tertiary/aromatic N) is 1. The first-order valence-electron chi connectivity index (χ1n) is 14.4. The van der Waals surface area contributed by atoms with Crippen LogP contribution in [-0.2, 0) is 20.7 Å². The predicted octanol–water partition coefficient (Wildman–Crippen LogP) is 6.26. The summed E-state index contributed by atoms with van der Waals surface area (Å²) in [7, 11) is 1.49. The number of rotatable bonds is 9. The number of morpholine rings is 1. The molecule has 9 nitrogen and oxygen atoms in total. The van der Waals surface area contributed by atoms with E-state index < -0.39 is 6.09 Å². The van der Waals surface area contributed by atoms with E-state index in [-0.39, 0.29) is 42.1 Å². The van der Waals surface area contributed by atoms with Crippen LogP contribution < -0.4 is 15.4 Å². The second-order valence-corrected chi connectivity index (χ2v) is 13.1. The van der Waals surface area contributed by atoms with E-state index in [1.54, 1.807) is 18.2 Å². The molecule has 0 radical (unpaired) electrons. The Balaban J connectivity index is 1.16. The Hall–Kier alpha value is -3.48. The van der Waals surface area contributed by atoms with Gasteiger partial charge in [0.2, 0.25) is 5.91 Å². The predicted molar refractivity (Wildman–Crippen MR) is 172 cm³/mol. The number of ether oxygens (including phenoxy) is 3. The van der Waals surface area contributed by atoms with E-state index in [0.29, 0.717) is 35.2 Å². The Bertz CT molecular complexity index is 1550. The van der Waals surface area contributed by atoms with Crippen molar-refractivity contribution in [2.45, 2.75) is 63.5 Å². The number of methoxy groups -OCH3 is 1. The molecular formula is C33H34IN3O6. The quantitative estimate of drug-likeness (QED) is 0.118. The van der Waals surface area contributed by atoms with Crippen molar-refractivity contribution < 1.29 is 28.6 Å². The Morgan fingerprint density at radius 2 is 1.84 bits per heavy atom. The molecule has 5 unspecified atom stereocenters. The van der Waals surface area contributed by atoms with Gasteiger partial charge in [0.15, 0.2) is 0 Å². The molecule has 0 aromatic heterocycles. The second-order valence-electron chi connectivity index (χ2n) is 12.0. The maximum atomic E-state index is 13.4. The number of carbonyl (C=O) groups is 3. The largest absolute Gasteiger partial charge is 0.495 e. The summed E-state index contributed by atoms with van der Waals surface area (Å²) in [5.74, 6) is 0.219. The van der Waals surface area contributed by atoms with Gasteiger partial charge in [0.1, 0.15) is 30.3 Å². The maximum absolute atomic E-state index is 13.4. The monoisotopic (exact) mass is 695 g/mol. The van der Waals surface area contributed by atoms with Crippen LogP contribution in [0.25, 0.3) is 11.1 Å². The van der Waals surface area contributed by atoms with E-state index in [9.17, 15) is 14.4 Å². The third-order valence-corrected chi connectivity index (χ3v) is 9.85. The number of anilines is 2. The van der Waals surface area contributed by atoms with Crippen molar-refractivity contribution in [2.24, 2.45) is 5.41 Å². The highest BCUT2D eigenvalue weighted by atomic mass is 127. The molecule has 0 saturated carbocycles. The van der Waals surface area contributed by atoms with Gasteiger partial charge in [0.05, 0.1) is 30.6 Å². The van der Waals surface area contributed by atoms with E-state index >= 15 is 0 Å². The summed E-state index contributed by atoms with van der Waals surface area (Å²) in [6, 6.07) is 20.9. The summed E-state index contributed by atoms with van der Waals surface area (Å²) < 4.78 is 19.6. The van der Waals surface area contributed by atoms with Gasteiger partial charge in [0, 0.05) is 40.4 Å². The summed E-state index contributed by atoms with van der Waals surface area (Å²) >= 11 is 2.36. The Morgan fingerprint density at radius 1 is 1.05 bits per heavy atom.